The molecule has 5 rings (SSSR count). The van der Waals surface area contributed by atoms with Gasteiger partial charge in [-0.1, -0.05) is 11.6 Å². The summed E-state index contributed by atoms with van der Waals surface area (Å²) in [7, 11) is -3.64. The highest BCUT2D eigenvalue weighted by Crippen LogP contribution is 2.28. The highest BCUT2D eigenvalue weighted by Gasteiger charge is 2.34. The van der Waals surface area contributed by atoms with E-state index in [0.717, 1.165) is 37.0 Å². The van der Waals surface area contributed by atoms with Crippen LogP contribution in [0.5, 0.6) is 0 Å². The number of anilines is 1. The molecule has 174 valence electrons. The second-order valence-corrected chi connectivity index (χ2v) is 10.9. The van der Waals surface area contributed by atoms with Crippen LogP contribution in [-0.4, -0.2) is 72.8 Å². The summed E-state index contributed by atoms with van der Waals surface area (Å²) in [6, 6.07) is 8.91. The third-order valence-electron chi connectivity index (χ3n) is 6.66. The Hall–Kier alpha value is -2.62. The second kappa shape index (κ2) is 8.96. The van der Waals surface area contributed by atoms with E-state index < -0.39 is 10.0 Å². The average Bonchev–Trinajstić information content (AvgIpc) is 3.24. The lowest BCUT2D eigenvalue weighted by molar-refractivity contribution is -0.137. The third kappa shape index (κ3) is 4.32. The van der Waals surface area contributed by atoms with E-state index in [1.165, 1.54) is 4.31 Å². The molecule has 0 unspecified atom stereocenters. The first-order chi connectivity index (χ1) is 15.9. The summed E-state index contributed by atoms with van der Waals surface area (Å²) >= 11 is 6.10. The number of hydrogen-bond donors (Lipinski definition) is 1. The number of hydrogen-bond acceptors (Lipinski definition) is 5. The molecule has 2 aromatic heterocycles. The standard InChI is InChI=1S/C23H26ClN5O3S/c24-21-16-26-22-15-19(1-2-20(21)22)33(31,32)29-13-11-28(12-14-29)23(30)17-5-9-27(10-6-17)18-3-7-25-8-4-18/h1-4,7-8,15-17,26H,5-6,9-14H2. The van der Waals surface area contributed by atoms with Crippen molar-refractivity contribution in [3.05, 3.63) is 53.9 Å². The van der Waals surface area contributed by atoms with Crippen molar-refractivity contribution < 1.29 is 13.2 Å². The third-order valence-corrected chi connectivity index (χ3v) is 8.87. The van der Waals surface area contributed by atoms with Crippen LogP contribution in [0.1, 0.15) is 12.8 Å². The largest absolute Gasteiger partial charge is 0.371 e. The summed E-state index contributed by atoms with van der Waals surface area (Å²) in [5.74, 6) is 0.134. The highest BCUT2D eigenvalue weighted by molar-refractivity contribution is 7.89. The van der Waals surface area contributed by atoms with E-state index in [-0.39, 0.29) is 16.7 Å². The number of pyridine rings is 1. The number of aromatic amines is 1. The molecule has 2 saturated heterocycles. The number of carbonyl (C=O) groups excluding carboxylic acids is 1. The molecule has 1 N–H and O–H groups in total. The molecule has 0 saturated carbocycles. The van der Waals surface area contributed by atoms with Crippen molar-refractivity contribution >= 4 is 44.1 Å². The number of H-pyrrole nitrogens is 1. The van der Waals surface area contributed by atoms with Gasteiger partial charge in [0.2, 0.25) is 15.9 Å². The van der Waals surface area contributed by atoms with Gasteiger partial charge in [0.1, 0.15) is 0 Å². The number of carbonyl (C=O) groups is 1. The normalized spacial score (nSPS) is 18.7. The van der Waals surface area contributed by atoms with Crippen LogP contribution < -0.4 is 4.90 Å². The van der Waals surface area contributed by atoms with Gasteiger partial charge in [-0.15, -0.1) is 0 Å². The summed E-state index contributed by atoms with van der Waals surface area (Å²) in [6.45, 7) is 3.10. The predicted octanol–water partition coefficient (Wildman–Crippen LogP) is 2.97. The number of fused-ring (bicyclic) bond motifs is 1. The van der Waals surface area contributed by atoms with E-state index in [0.29, 0.717) is 36.7 Å². The molecule has 0 atom stereocenters. The fourth-order valence-electron chi connectivity index (χ4n) is 4.73. The highest BCUT2D eigenvalue weighted by atomic mass is 35.5. The SMILES string of the molecule is O=C(C1CCN(c2ccncc2)CC1)N1CCN(S(=O)(=O)c2ccc3c(Cl)c[nH]c3c2)CC1. The summed E-state index contributed by atoms with van der Waals surface area (Å²) in [4.78, 5) is 24.5. The first-order valence-corrected chi connectivity index (χ1v) is 13.0. The van der Waals surface area contributed by atoms with Gasteiger partial charge in [-0.3, -0.25) is 9.78 Å². The maximum Gasteiger partial charge on any atom is 0.243 e. The molecule has 8 nitrogen and oxygen atoms in total. The molecule has 4 heterocycles. The lowest BCUT2D eigenvalue weighted by atomic mass is 9.94. The number of piperidine rings is 1. The zero-order valence-corrected chi connectivity index (χ0v) is 19.7. The van der Waals surface area contributed by atoms with Gasteiger partial charge < -0.3 is 14.8 Å². The van der Waals surface area contributed by atoms with Gasteiger partial charge >= 0.3 is 0 Å². The van der Waals surface area contributed by atoms with E-state index in [9.17, 15) is 13.2 Å². The number of halogens is 1. The zero-order valence-electron chi connectivity index (χ0n) is 18.2. The van der Waals surface area contributed by atoms with Gasteiger partial charge in [0, 0.05) is 80.4 Å². The maximum atomic E-state index is 13.2. The average molecular weight is 488 g/mol. The Morgan fingerprint density at radius 3 is 2.39 bits per heavy atom. The van der Waals surface area contributed by atoms with E-state index in [4.69, 9.17) is 11.6 Å². The van der Waals surface area contributed by atoms with Gasteiger partial charge in [-0.2, -0.15) is 4.31 Å². The summed E-state index contributed by atoms with van der Waals surface area (Å²) in [6.07, 6.45) is 6.82. The Kier molecular flexibility index (Phi) is 6.03. The van der Waals surface area contributed by atoms with Crippen molar-refractivity contribution in [2.75, 3.05) is 44.2 Å². The molecule has 10 heteroatoms. The molecule has 0 aliphatic carbocycles. The number of benzene rings is 1. The van der Waals surface area contributed by atoms with Crippen LogP contribution in [0.15, 0.2) is 53.8 Å². The fraction of sp³-hybridized carbons (Fsp3) is 0.391. The smallest absolute Gasteiger partial charge is 0.243 e. The molecule has 0 bridgehead atoms. The summed E-state index contributed by atoms with van der Waals surface area (Å²) in [5.41, 5.74) is 1.82. The van der Waals surface area contributed by atoms with E-state index >= 15 is 0 Å². The van der Waals surface area contributed by atoms with Crippen LogP contribution in [0.2, 0.25) is 5.02 Å². The first-order valence-electron chi connectivity index (χ1n) is 11.1. The summed E-state index contributed by atoms with van der Waals surface area (Å²) < 4.78 is 27.8. The molecule has 2 fully saturated rings. The number of nitrogens with zero attached hydrogens (tertiary/aromatic N) is 4. The molecular formula is C23H26ClN5O3S. The number of amides is 1. The fourth-order valence-corrected chi connectivity index (χ4v) is 6.39. The van der Waals surface area contributed by atoms with Crippen molar-refractivity contribution in [1.82, 2.24) is 19.2 Å². The number of rotatable bonds is 4. The van der Waals surface area contributed by atoms with Crippen LogP contribution in [-0.2, 0) is 14.8 Å². The molecule has 1 aromatic carbocycles. The van der Waals surface area contributed by atoms with Crippen LogP contribution >= 0.6 is 11.6 Å². The van der Waals surface area contributed by atoms with Crippen molar-refractivity contribution in [3.63, 3.8) is 0 Å². The molecule has 0 spiro atoms. The van der Waals surface area contributed by atoms with Gasteiger partial charge in [0.15, 0.2) is 0 Å². The first kappa shape index (κ1) is 22.2. The minimum Gasteiger partial charge on any atom is -0.371 e. The Labute approximate surface area is 198 Å². The summed E-state index contributed by atoms with van der Waals surface area (Å²) in [5, 5.41) is 1.36. The minimum absolute atomic E-state index is 0.00808. The quantitative estimate of drug-likeness (QED) is 0.611. The van der Waals surface area contributed by atoms with Crippen LogP contribution in [0.25, 0.3) is 10.9 Å². The Morgan fingerprint density at radius 2 is 1.70 bits per heavy atom. The molecule has 3 aromatic rings. The van der Waals surface area contributed by atoms with Crippen molar-refractivity contribution in [2.45, 2.75) is 17.7 Å². The van der Waals surface area contributed by atoms with E-state index in [1.54, 1.807) is 36.8 Å². The Balaban J connectivity index is 1.18. The maximum absolute atomic E-state index is 13.2. The van der Waals surface area contributed by atoms with Crippen LogP contribution in [0, 0.1) is 5.92 Å². The zero-order chi connectivity index (χ0) is 23.0. The molecular weight excluding hydrogens is 462 g/mol. The van der Waals surface area contributed by atoms with Gasteiger partial charge in [0.25, 0.3) is 0 Å². The lowest BCUT2D eigenvalue weighted by Crippen LogP contribution is -2.52. The van der Waals surface area contributed by atoms with E-state index in [2.05, 4.69) is 14.9 Å². The number of sulfonamides is 1. The van der Waals surface area contributed by atoms with Gasteiger partial charge in [-0.05, 0) is 43.2 Å². The Morgan fingerprint density at radius 1 is 1.00 bits per heavy atom. The van der Waals surface area contributed by atoms with Crippen LogP contribution in [0.3, 0.4) is 0 Å². The number of nitrogens with one attached hydrogen (secondary N) is 1. The number of piperazine rings is 1. The molecule has 33 heavy (non-hydrogen) atoms. The van der Waals surface area contributed by atoms with Crippen molar-refractivity contribution in [1.29, 1.82) is 0 Å². The van der Waals surface area contributed by atoms with Crippen LogP contribution in [0.4, 0.5) is 5.69 Å². The van der Waals surface area contributed by atoms with Crippen molar-refractivity contribution in [2.24, 2.45) is 5.92 Å². The van der Waals surface area contributed by atoms with E-state index in [1.807, 2.05) is 17.0 Å². The minimum atomic E-state index is -3.64. The van der Waals surface area contributed by atoms with Gasteiger partial charge in [0.05, 0.1) is 9.92 Å². The van der Waals surface area contributed by atoms with Gasteiger partial charge in [-0.25, -0.2) is 8.42 Å². The Bertz CT molecular complexity index is 1250. The van der Waals surface area contributed by atoms with Crippen molar-refractivity contribution in [3.8, 4) is 0 Å². The molecule has 0 radical (unpaired) electrons. The number of aromatic nitrogens is 2. The topological polar surface area (TPSA) is 89.6 Å². The lowest BCUT2D eigenvalue weighted by Gasteiger charge is -2.38. The monoisotopic (exact) mass is 487 g/mol. The molecule has 2 aliphatic heterocycles. The molecule has 2 aliphatic rings. The molecule has 1 amide bonds. The predicted molar refractivity (Wildman–Crippen MR) is 128 cm³/mol. The second-order valence-electron chi connectivity index (χ2n) is 8.54.